The molecule has 0 saturated heterocycles. The number of ketones is 1. The van der Waals surface area contributed by atoms with Crippen molar-refractivity contribution in [1.82, 2.24) is 0 Å². The number of benzene rings is 1. The van der Waals surface area contributed by atoms with E-state index in [-0.39, 0.29) is 45.4 Å². The maximum absolute atomic E-state index is 13.3. The SMILES string of the molecule is COC(=O)[C@@]1(C)C(=O)CC[C@@]2(C)C1CC[C@@]1(C)C3CC[C@@]4(C)[C@H](OCc5ccccc5)CC(C)(C)C[C@H]4C3=CCC12. The van der Waals surface area contributed by atoms with Crippen molar-refractivity contribution >= 4 is 11.8 Å². The highest BCUT2D eigenvalue weighted by molar-refractivity contribution is 6.04. The van der Waals surface area contributed by atoms with Crippen LogP contribution in [0.3, 0.4) is 0 Å². The lowest BCUT2D eigenvalue weighted by Gasteiger charge is -2.67. The summed E-state index contributed by atoms with van der Waals surface area (Å²) in [6.07, 6.45) is 12.1. The highest BCUT2D eigenvalue weighted by atomic mass is 16.5. The van der Waals surface area contributed by atoms with Gasteiger partial charge >= 0.3 is 5.97 Å². The van der Waals surface area contributed by atoms with Gasteiger partial charge in [-0.1, -0.05) is 76.6 Å². The molecule has 0 amide bonds. The standard InChI is InChI=1S/C37H52O4/c1-33(2)21-27-25-13-14-28-34(3,19-16-29-36(28,5)20-17-30(38)37(29,6)32(39)40-7)26(25)15-18-35(27,4)31(22-33)41-23-24-11-9-8-10-12-24/h8-13,26-29,31H,14-23H2,1-7H3/t26?,27-,28?,29?,31+,34-,35+,36+,37+/m0/s1. The average molecular weight is 561 g/mol. The van der Waals surface area contributed by atoms with Gasteiger partial charge in [0.1, 0.15) is 11.2 Å². The quantitative estimate of drug-likeness (QED) is 0.211. The highest BCUT2D eigenvalue weighted by Gasteiger charge is 2.68. The topological polar surface area (TPSA) is 52.6 Å². The molecule has 5 aliphatic rings. The predicted molar refractivity (Wildman–Crippen MR) is 162 cm³/mol. The van der Waals surface area contributed by atoms with Crippen LogP contribution >= 0.6 is 0 Å². The van der Waals surface area contributed by atoms with E-state index in [1.54, 1.807) is 5.57 Å². The van der Waals surface area contributed by atoms with Crippen LogP contribution in [0.5, 0.6) is 0 Å². The van der Waals surface area contributed by atoms with Gasteiger partial charge in [0.15, 0.2) is 0 Å². The van der Waals surface area contributed by atoms with Crippen molar-refractivity contribution in [2.45, 2.75) is 112 Å². The van der Waals surface area contributed by atoms with Gasteiger partial charge in [0.05, 0.1) is 19.8 Å². The van der Waals surface area contributed by atoms with Crippen molar-refractivity contribution in [2.24, 2.45) is 50.7 Å². The van der Waals surface area contributed by atoms with Crippen LogP contribution in [0, 0.1) is 50.7 Å². The first-order valence-corrected chi connectivity index (χ1v) is 16.3. The number of fused-ring (bicyclic) bond motifs is 7. The molecule has 4 fully saturated rings. The summed E-state index contributed by atoms with van der Waals surface area (Å²) >= 11 is 0. The second-order valence-corrected chi connectivity index (χ2v) is 16.2. The number of hydrogen-bond acceptors (Lipinski definition) is 4. The van der Waals surface area contributed by atoms with Crippen molar-refractivity contribution in [3.63, 3.8) is 0 Å². The Bertz CT molecular complexity index is 1220. The number of ether oxygens (including phenoxy) is 2. The van der Waals surface area contributed by atoms with Crippen molar-refractivity contribution < 1.29 is 19.1 Å². The summed E-state index contributed by atoms with van der Waals surface area (Å²) in [5.74, 6) is 1.40. The zero-order valence-electron chi connectivity index (χ0n) is 26.6. The molecule has 4 saturated carbocycles. The van der Waals surface area contributed by atoms with Crippen molar-refractivity contribution in [1.29, 1.82) is 0 Å². The molecular formula is C37H52O4. The summed E-state index contributed by atoms with van der Waals surface area (Å²) in [7, 11) is 1.44. The minimum absolute atomic E-state index is 0.0419. The van der Waals surface area contributed by atoms with E-state index in [4.69, 9.17) is 9.47 Å². The number of hydrogen-bond donors (Lipinski definition) is 0. The Morgan fingerprint density at radius 3 is 2.27 bits per heavy atom. The molecule has 5 aliphatic carbocycles. The number of carbonyl (C=O) groups excluding carboxylic acids is 2. The van der Waals surface area contributed by atoms with Gasteiger partial charge in [0.25, 0.3) is 0 Å². The van der Waals surface area contributed by atoms with Gasteiger partial charge in [-0.3, -0.25) is 9.59 Å². The van der Waals surface area contributed by atoms with E-state index in [1.165, 1.54) is 31.9 Å². The maximum Gasteiger partial charge on any atom is 0.319 e. The van der Waals surface area contributed by atoms with E-state index in [9.17, 15) is 9.59 Å². The third kappa shape index (κ3) is 4.24. The van der Waals surface area contributed by atoms with Crippen molar-refractivity contribution in [3.05, 3.63) is 47.5 Å². The first-order chi connectivity index (χ1) is 19.3. The average Bonchev–Trinajstić information content (AvgIpc) is 2.94. The lowest BCUT2D eigenvalue weighted by atomic mass is 9.37. The van der Waals surface area contributed by atoms with E-state index < -0.39 is 5.41 Å². The second-order valence-electron chi connectivity index (χ2n) is 16.2. The molecule has 6 rings (SSSR count). The molecule has 0 aliphatic heterocycles. The first kappa shape index (κ1) is 29.1. The largest absolute Gasteiger partial charge is 0.468 e. The zero-order chi connectivity index (χ0) is 29.4. The Balaban J connectivity index is 1.32. The van der Waals surface area contributed by atoms with Gasteiger partial charge in [-0.2, -0.15) is 0 Å². The van der Waals surface area contributed by atoms with Crippen LogP contribution < -0.4 is 0 Å². The summed E-state index contributed by atoms with van der Waals surface area (Å²) in [6.45, 7) is 15.0. The van der Waals surface area contributed by atoms with Crippen LogP contribution in [0.1, 0.15) is 105 Å². The normalized spacial score (nSPS) is 44.9. The fraction of sp³-hybridized carbons (Fsp3) is 0.730. The Kier molecular flexibility index (Phi) is 6.96. The van der Waals surface area contributed by atoms with E-state index in [0.717, 1.165) is 32.1 Å². The number of rotatable bonds is 4. The van der Waals surface area contributed by atoms with Crippen LogP contribution in [-0.4, -0.2) is 25.0 Å². The minimum atomic E-state index is -1.02. The second kappa shape index (κ2) is 9.79. The van der Waals surface area contributed by atoms with Gasteiger partial charge in [-0.05, 0) is 104 Å². The van der Waals surface area contributed by atoms with Gasteiger partial charge in [0, 0.05) is 11.8 Å². The lowest BCUT2D eigenvalue weighted by molar-refractivity contribution is -0.191. The molecule has 4 heteroatoms. The summed E-state index contributed by atoms with van der Waals surface area (Å²) < 4.78 is 12.1. The molecule has 0 N–H and O–H groups in total. The fourth-order valence-corrected chi connectivity index (χ4v) is 11.3. The third-order valence-corrected chi connectivity index (χ3v) is 13.6. The van der Waals surface area contributed by atoms with Gasteiger partial charge in [0.2, 0.25) is 0 Å². The number of methoxy groups -OCH3 is 1. The summed E-state index contributed by atoms with van der Waals surface area (Å²) in [5.41, 5.74) is 2.49. The van der Waals surface area contributed by atoms with Gasteiger partial charge in [-0.25, -0.2) is 0 Å². The highest BCUT2D eigenvalue weighted by Crippen LogP contribution is 2.72. The Labute approximate surface area is 248 Å². The van der Waals surface area contributed by atoms with Gasteiger partial charge < -0.3 is 9.47 Å². The van der Waals surface area contributed by atoms with E-state index in [2.05, 4.69) is 71.0 Å². The van der Waals surface area contributed by atoms with Gasteiger partial charge in [-0.15, -0.1) is 0 Å². The molecular weight excluding hydrogens is 508 g/mol. The molecule has 0 heterocycles. The molecule has 4 nitrogen and oxygen atoms in total. The zero-order valence-corrected chi connectivity index (χ0v) is 26.6. The number of carbonyl (C=O) groups is 2. The third-order valence-electron chi connectivity index (χ3n) is 13.6. The van der Waals surface area contributed by atoms with Crippen LogP contribution in [-0.2, 0) is 25.7 Å². The van der Waals surface area contributed by atoms with Crippen LogP contribution in [0.25, 0.3) is 0 Å². The number of Topliss-reactive ketones (excluding diaryl/α,β-unsaturated/α-hetero) is 1. The monoisotopic (exact) mass is 560 g/mol. The molecule has 3 unspecified atom stereocenters. The van der Waals surface area contributed by atoms with Crippen LogP contribution in [0.2, 0.25) is 0 Å². The van der Waals surface area contributed by atoms with E-state index in [0.29, 0.717) is 30.8 Å². The van der Waals surface area contributed by atoms with Crippen LogP contribution in [0.4, 0.5) is 0 Å². The molecule has 1 aromatic rings. The molecule has 9 atom stereocenters. The molecule has 0 bridgehead atoms. The molecule has 224 valence electrons. The molecule has 0 spiro atoms. The van der Waals surface area contributed by atoms with E-state index in [1.807, 2.05) is 6.92 Å². The fourth-order valence-electron chi connectivity index (χ4n) is 11.3. The van der Waals surface area contributed by atoms with Crippen molar-refractivity contribution in [3.8, 4) is 0 Å². The smallest absolute Gasteiger partial charge is 0.319 e. The summed E-state index contributed by atoms with van der Waals surface area (Å²) in [5, 5.41) is 0. The van der Waals surface area contributed by atoms with Crippen molar-refractivity contribution in [2.75, 3.05) is 7.11 Å². The lowest BCUT2D eigenvalue weighted by Crippen LogP contribution is -2.63. The Morgan fingerprint density at radius 2 is 1.56 bits per heavy atom. The van der Waals surface area contributed by atoms with E-state index >= 15 is 0 Å². The number of esters is 1. The maximum atomic E-state index is 13.3. The summed E-state index contributed by atoms with van der Waals surface area (Å²) in [6, 6.07) is 10.6. The summed E-state index contributed by atoms with van der Waals surface area (Å²) in [4.78, 5) is 26.4. The molecule has 0 radical (unpaired) electrons. The molecule has 1 aromatic carbocycles. The Morgan fingerprint density at radius 1 is 0.854 bits per heavy atom. The predicted octanol–water partition coefficient (Wildman–Crippen LogP) is 8.34. The minimum Gasteiger partial charge on any atom is -0.468 e. The first-order valence-electron chi connectivity index (χ1n) is 16.3. The number of allylic oxidation sites excluding steroid dienone is 2. The molecule has 0 aromatic heterocycles. The molecule has 41 heavy (non-hydrogen) atoms. The Hall–Kier alpha value is -1.94. The van der Waals surface area contributed by atoms with Crippen LogP contribution in [0.15, 0.2) is 42.0 Å².